The van der Waals surface area contributed by atoms with Crippen LogP contribution < -0.4 is 14.8 Å². The summed E-state index contributed by atoms with van der Waals surface area (Å²) in [6, 6.07) is 11.6. The van der Waals surface area contributed by atoms with Gasteiger partial charge >= 0.3 is 0 Å². The summed E-state index contributed by atoms with van der Waals surface area (Å²) in [7, 11) is 1.58. The number of hydrogen-bond donors (Lipinski definition) is 2. The van der Waals surface area contributed by atoms with Gasteiger partial charge in [0.05, 0.1) is 31.4 Å². The molecule has 1 amide bonds. The van der Waals surface area contributed by atoms with Gasteiger partial charge in [0.1, 0.15) is 11.5 Å². The molecule has 1 fully saturated rings. The molecule has 1 unspecified atom stereocenters. The van der Waals surface area contributed by atoms with Crippen molar-refractivity contribution in [3.8, 4) is 11.5 Å². The molecular formula is C22H25NO4. The standard InChI is InChI=1S/C22H25NO4/c1-13-4-3-5-19(26-2)20(13)22(25)23-21(16-11-17(24)12-16)15-6-7-18-14(10-15)8-9-27-18/h3-7,10,16-17,21,24H,8-9,11-12H2,1-2H3,(H,23,25). The normalized spacial score (nSPS) is 21.6. The molecule has 1 aliphatic carbocycles. The van der Waals surface area contributed by atoms with Crippen LogP contribution in [-0.4, -0.2) is 30.8 Å². The highest BCUT2D eigenvalue weighted by Crippen LogP contribution is 2.40. The minimum atomic E-state index is -0.278. The van der Waals surface area contributed by atoms with E-state index in [2.05, 4.69) is 11.4 Å². The van der Waals surface area contributed by atoms with Gasteiger partial charge in [0.2, 0.25) is 0 Å². The zero-order chi connectivity index (χ0) is 19.0. The first kappa shape index (κ1) is 17.9. The maximum Gasteiger partial charge on any atom is 0.255 e. The molecule has 1 heterocycles. The van der Waals surface area contributed by atoms with Crippen LogP contribution in [0.25, 0.3) is 0 Å². The average molecular weight is 367 g/mol. The lowest BCUT2D eigenvalue weighted by Crippen LogP contribution is -2.41. The van der Waals surface area contributed by atoms with Gasteiger partial charge in [0.25, 0.3) is 5.91 Å². The molecule has 4 rings (SSSR count). The topological polar surface area (TPSA) is 67.8 Å². The van der Waals surface area contributed by atoms with Crippen molar-refractivity contribution >= 4 is 5.91 Å². The maximum atomic E-state index is 13.1. The van der Waals surface area contributed by atoms with Crippen LogP contribution in [0.15, 0.2) is 36.4 Å². The summed E-state index contributed by atoms with van der Waals surface area (Å²) in [6.07, 6.45) is 2.01. The Morgan fingerprint density at radius 1 is 1.30 bits per heavy atom. The number of aliphatic hydroxyl groups excluding tert-OH is 1. The Hall–Kier alpha value is -2.53. The molecule has 2 N–H and O–H groups in total. The smallest absolute Gasteiger partial charge is 0.255 e. The van der Waals surface area contributed by atoms with Crippen LogP contribution in [0.1, 0.15) is 45.9 Å². The van der Waals surface area contributed by atoms with Crippen molar-refractivity contribution in [2.45, 2.75) is 38.3 Å². The molecule has 142 valence electrons. The van der Waals surface area contributed by atoms with Gasteiger partial charge in [-0.05, 0) is 60.6 Å². The number of rotatable bonds is 5. The minimum Gasteiger partial charge on any atom is -0.496 e. The van der Waals surface area contributed by atoms with E-state index in [0.29, 0.717) is 30.8 Å². The van der Waals surface area contributed by atoms with E-state index in [-0.39, 0.29) is 24.0 Å². The van der Waals surface area contributed by atoms with Gasteiger partial charge < -0.3 is 19.9 Å². The van der Waals surface area contributed by atoms with Gasteiger partial charge in [-0.2, -0.15) is 0 Å². The Kier molecular flexibility index (Phi) is 4.79. The van der Waals surface area contributed by atoms with E-state index in [4.69, 9.17) is 9.47 Å². The second kappa shape index (κ2) is 7.24. The summed E-state index contributed by atoms with van der Waals surface area (Å²) < 4.78 is 11.0. The molecule has 1 aliphatic heterocycles. The predicted molar refractivity (Wildman–Crippen MR) is 102 cm³/mol. The molecule has 0 bridgehead atoms. The molecule has 1 saturated carbocycles. The number of benzene rings is 2. The van der Waals surface area contributed by atoms with E-state index in [9.17, 15) is 9.90 Å². The van der Waals surface area contributed by atoms with E-state index < -0.39 is 0 Å². The average Bonchev–Trinajstić information content (AvgIpc) is 3.11. The zero-order valence-corrected chi connectivity index (χ0v) is 15.7. The highest BCUT2D eigenvalue weighted by molar-refractivity contribution is 5.98. The highest BCUT2D eigenvalue weighted by atomic mass is 16.5. The summed E-state index contributed by atoms with van der Waals surface area (Å²) in [6.45, 7) is 2.62. The molecule has 0 radical (unpaired) electrons. The third kappa shape index (κ3) is 3.39. The van der Waals surface area contributed by atoms with Gasteiger partial charge in [0.15, 0.2) is 0 Å². The van der Waals surface area contributed by atoms with Crippen molar-refractivity contribution in [1.82, 2.24) is 5.32 Å². The first-order valence-electron chi connectivity index (χ1n) is 9.45. The van der Waals surface area contributed by atoms with E-state index in [1.165, 1.54) is 5.56 Å². The number of carbonyl (C=O) groups excluding carboxylic acids is 1. The Morgan fingerprint density at radius 3 is 2.85 bits per heavy atom. The molecule has 0 aromatic heterocycles. The molecule has 1 atom stereocenters. The number of ether oxygens (including phenoxy) is 2. The van der Waals surface area contributed by atoms with Crippen LogP contribution in [0, 0.1) is 12.8 Å². The quantitative estimate of drug-likeness (QED) is 0.852. The number of fused-ring (bicyclic) bond motifs is 1. The number of methoxy groups -OCH3 is 1. The first-order valence-corrected chi connectivity index (χ1v) is 9.45. The van der Waals surface area contributed by atoms with Crippen LogP contribution >= 0.6 is 0 Å². The van der Waals surface area contributed by atoms with Gasteiger partial charge in [0, 0.05) is 6.42 Å². The van der Waals surface area contributed by atoms with Gasteiger partial charge in [-0.25, -0.2) is 0 Å². The summed E-state index contributed by atoms with van der Waals surface area (Å²) >= 11 is 0. The molecule has 2 aromatic carbocycles. The van der Waals surface area contributed by atoms with Gasteiger partial charge in [-0.3, -0.25) is 4.79 Å². The van der Waals surface area contributed by atoms with Crippen molar-refractivity contribution in [3.63, 3.8) is 0 Å². The third-order valence-corrected chi connectivity index (χ3v) is 5.66. The summed E-state index contributed by atoms with van der Waals surface area (Å²) in [5.41, 5.74) is 3.69. The number of nitrogens with one attached hydrogen (secondary N) is 1. The SMILES string of the molecule is COc1cccc(C)c1C(=O)NC(c1ccc2c(c1)CCO2)C1CC(O)C1. The van der Waals surface area contributed by atoms with Crippen molar-refractivity contribution in [3.05, 3.63) is 58.7 Å². The van der Waals surface area contributed by atoms with E-state index in [0.717, 1.165) is 23.3 Å². The van der Waals surface area contributed by atoms with Crippen LogP contribution in [-0.2, 0) is 6.42 Å². The van der Waals surface area contributed by atoms with Crippen LogP contribution in [0.5, 0.6) is 11.5 Å². The number of aryl methyl sites for hydroxylation is 1. The predicted octanol–water partition coefficient (Wildman–Crippen LogP) is 3.18. The fraction of sp³-hybridized carbons (Fsp3) is 0.409. The Morgan fingerprint density at radius 2 is 2.11 bits per heavy atom. The molecule has 5 nitrogen and oxygen atoms in total. The highest BCUT2D eigenvalue weighted by Gasteiger charge is 2.36. The summed E-state index contributed by atoms with van der Waals surface area (Å²) in [4.78, 5) is 13.1. The molecule has 5 heteroatoms. The molecule has 27 heavy (non-hydrogen) atoms. The van der Waals surface area contributed by atoms with E-state index in [1.54, 1.807) is 13.2 Å². The third-order valence-electron chi connectivity index (χ3n) is 5.66. The lowest BCUT2D eigenvalue weighted by molar-refractivity contribution is 0.0235. The number of hydrogen-bond acceptors (Lipinski definition) is 4. The Balaban J connectivity index is 1.63. The summed E-state index contributed by atoms with van der Waals surface area (Å²) in [5, 5.41) is 13.0. The van der Waals surface area contributed by atoms with Crippen molar-refractivity contribution in [2.75, 3.05) is 13.7 Å². The molecule has 2 aliphatic rings. The summed E-state index contributed by atoms with van der Waals surface area (Å²) in [5.74, 6) is 1.58. The molecular weight excluding hydrogens is 342 g/mol. The van der Waals surface area contributed by atoms with Crippen LogP contribution in [0.2, 0.25) is 0 Å². The number of carbonyl (C=O) groups is 1. The Labute approximate surface area is 159 Å². The molecule has 0 spiro atoms. The van der Waals surface area contributed by atoms with Crippen molar-refractivity contribution in [2.24, 2.45) is 5.92 Å². The zero-order valence-electron chi connectivity index (χ0n) is 15.7. The number of aliphatic hydroxyl groups is 1. The molecule has 2 aromatic rings. The van der Waals surface area contributed by atoms with Crippen LogP contribution in [0.4, 0.5) is 0 Å². The fourth-order valence-electron chi connectivity index (χ4n) is 4.09. The maximum absolute atomic E-state index is 13.1. The van der Waals surface area contributed by atoms with Crippen LogP contribution in [0.3, 0.4) is 0 Å². The first-order chi connectivity index (χ1) is 13.1. The Bertz CT molecular complexity index is 857. The second-order valence-corrected chi connectivity index (χ2v) is 7.45. The minimum absolute atomic E-state index is 0.142. The number of amides is 1. The monoisotopic (exact) mass is 367 g/mol. The lowest BCUT2D eigenvalue weighted by atomic mass is 9.74. The fourth-order valence-corrected chi connectivity index (χ4v) is 4.09. The van der Waals surface area contributed by atoms with Gasteiger partial charge in [-0.15, -0.1) is 0 Å². The molecule has 0 saturated heterocycles. The van der Waals surface area contributed by atoms with Crippen molar-refractivity contribution in [1.29, 1.82) is 0 Å². The van der Waals surface area contributed by atoms with Crippen molar-refractivity contribution < 1.29 is 19.4 Å². The van der Waals surface area contributed by atoms with Gasteiger partial charge in [-0.1, -0.05) is 18.2 Å². The van der Waals surface area contributed by atoms with E-state index >= 15 is 0 Å². The van der Waals surface area contributed by atoms with E-state index in [1.807, 2.05) is 31.2 Å². The lowest BCUT2D eigenvalue weighted by Gasteiger charge is -2.38. The second-order valence-electron chi connectivity index (χ2n) is 7.45. The largest absolute Gasteiger partial charge is 0.496 e.